The lowest BCUT2D eigenvalue weighted by Gasteiger charge is -2.32. The number of nitrogens with zero attached hydrogens (tertiary/aromatic N) is 1. The van der Waals surface area contributed by atoms with Crippen molar-refractivity contribution in [1.29, 1.82) is 0 Å². The molecule has 2 aliphatic heterocycles. The molecule has 1 aromatic carbocycles. The number of likely N-dealkylation sites (N-methyl/N-ethyl adjacent to an activating group) is 1. The Balaban J connectivity index is 1.65. The largest absolute Gasteiger partial charge is 0.385 e. The molecule has 1 aromatic rings. The van der Waals surface area contributed by atoms with Gasteiger partial charge in [0.15, 0.2) is 0 Å². The number of carbonyl (C=O) groups is 1. The lowest BCUT2D eigenvalue weighted by molar-refractivity contribution is 0.0927. The zero-order valence-electron chi connectivity index (χ0n) is 12.8. The van der Waals surface area contributed by atoms with Crippen molar-refractivity contribution < 1.29 is 4.79 Å². The average Bonchev–Trinajstić information content (AvgIpc) is 2.53. The summed E-state index contributed by atoms with van der Waals surface area (Å²) in [6.45, 7) is 2.91. The van der Waals surface area contributed by atoms with Gasteiger partial charge in [0.2, 0.25) is 0 Å². The summed E-state index contributed by atoms with van der Waals surface area (Å²) in [5.41, 5.74) is 3.15. The number of hydrogen-bond acceptors (Lipinski definition) is 3. The van der Waals surface area contributed by atoms with Gasteiger partial charge in [-0.2, -0.15) is 0 Å². The lowest BCUT2D eigenvalue weighted by Crippen LogP contribution is -2.44. The minimum absolute atomic E-state index is 0.0783. The molecular formula is C17H25N3O. The smallest absolute Gasteiger partial charge is 0.251 e. The standard InChI is InChI=1S/C17H25N3O/c1-20-11-3-2-6-13(20)12-19-17(21)15-7-4-9-16-14(15)8-5-10-18-16/h4,7,9,13,18H,2-3,5-6,8,10-12H2,1H3,(H,19,21). The fourth-order valence-corrected chi connectivity index (χ4v) is 3.43. The molecule has 2 N–H and O–H groups in total. The normalized spacial score (nSPS) is 22.2. The van der Waals surface area contributed by atoms with Crippen molar-refractivity contribution in [3.8, 4) is 0 Å². The van der Waals surface area contributed by atoms with Gasteiger partial charge in [-0.3, -0.25) is 4.79 Å². The van der Waals surface area contributed by atoms with Crippen LogP contribution in [0.1, 0.15) is 41.6 Å². The Labute approximate surface area is 126 Å². The number of benzene rings is 1. The van der Waals surface area contributed by atoms with E-state index in [2.05, 4.69) is 28.6 Å². The minimum atomic E-state index is 0.0783. The Bertz CT molecular complexity index is 515. The van der Waals surface area contributed by atoms with Gasteiger partial charge in [-0.25, -0.2) is 0 Å². The second kappa shape index (κ2) is 6.48. The first-order valence-electron chi connectivity index (χ1n) is 8.10. The molecule has 0 radical (unpaired) electrons. The number of nitrogens with one attached hydrogen (secondary N) is 2. The summed E-state index contributed by atoms with van der Waals surface area (Å²) in [6, 6.07) is 6.48. The van der Waals surface area contributed by atoms with Gasteiger partial charge in [0.25, 0.3) is 5.91 Å². The fourth-order valence-electron chi connectivity index (χ4n) is 3.43. The Morgan fingerprint density at radius 3 is 3.14 bits per heavy atom. The van der Waals surface area contributed by atoms with Gasteiger partial charge in [-0.05, 0) is 57.0 Å². The number of anilines is 1. The molecular weight excluding hydrogens is 262 g/mol. The molecule has 0 aromatic heterocycles. The highest BCUT2D eigenvalue weighted by atomic mass is 16.1. The van der Waals surface area contributed by atoms with Crippen molar-refractivity contribution in [2.75, 3.05) is 32.0 Å². The van der Waals surface area contributed by atoms with Crippen LogP contribution in [0.15, 0.2) is 18.2 Å². The van der Waals surface area contributed by atoms with E-state index in [0.29, 0.717) is 6.04 Å². The van der Waals surface area contributed by atoms with Crippen molar-refractivity contribution in [2.45, 2.75) is 38.1 Å². The molecule has 21 heavy (non-hydrogen) atoms. The molecule has 1 atom stereocenters. The van der Waals surface area contributed by atoms with E-state index < -0.39 is 0 Å². The number of amides is 1. The summed E-state index contributed by atoms with van der Waals surface area (Å²) in [7, 11) is 2.16. The SMILES string of the molecule is CN1CCCCC1CNC(=O)c1cccc2c1CCCN2. The summed E-state index contributed by atoms with van der Waals surface area (Å²) in [5, 5.41) is 6.52. The maximum Gasteiger partial charge on any atom is 0.251 e. The molecule has 1 amide bonds. The monoisotopic (exact) mass is 287 g/mol. The van der Waals surface area contributed by atoms with E-state index in [1.165, 1.54) is 24.8 Å². The van der Waals surface area contributed by atoms with E-state index in [1.807, 2.05) is 12.1 Å². The Morgan fingerprint density at radius 2 is 2.29 bits per heavy atom. The third-order valence-electron chi connectivity index (χ3n) is 4.76. The Hall–Kier alpha value is -1.55. The molecule has 0 aliphatic carbocycles. The van der Waals surface area contributed by atoms with Crippen LogP contribution in [0.4, 0.5) is 5.69 Å². The molecule has 2 heterocycles. The van der Waals surface area contributed by atoms with Crippen LogP contribution in [0.2, 0.25) is 0 Å². The highest BCUT2D eigenvalue weighted by Gasteiger charge is 2.21. The number of piperidine rings is 1. The van der Waals surface area contributed by atoms with Gasteiger partial charge in [-0.1, -0.05) is 12.5 Å². The molecule has 1 unspecified atom stereocenters. The first-order valence-corrected chi connectivity index (χ1v) is 8.10. The molecule has 4 heteroatoms. The van der Waals surface area contributed by atoms with E-state index in [-0.39, 0.29) is 5.91 Å². The molecule has 2 aliphatic rings. The van der Waals surface area contributed by atoms with Gasteiger partial charge in [0, 0.05) is 30.4 Å². The number of fused-ring (bicyclic) bond motifs is 1. The number of carbonyl (C=O) groups excluding carboxylic acids is 1. The fraction of sp³-hybridized carbons (Fsp3) is 0.588. The van der Waals surface area contributed by atoms with Crippen molar-refractivity contribution >= 4 is 11.6 Å². The van der Waals surface area contributed by atoms with Crippen LogP contribution in [0.5, 0.6) is 0 Å². The molecule has 0 bridgehead atoms. The maximum atomic E-state index is 12.5. The summed E-state index contributed by atoms with van der Waals surface area (Å²) >= 11 is 0. The Morgan fingerprint density at radius 1 is 1.38 bits per heavy atom. The molecule has 4 nitrogen and oxygen atoms in total. The van der Waals surface area contributed by atoms with Crippen molar-refractivity contribution in [2.24, 2.45) is 0 Å². The highest BCUT2D eigenvalue weighted by molar-refractivity contribution is 5.97. The molecule has 1 fully saturated rings. The molecule has 114 valence electrons. The summed E-state index contributed by atoms with van der Waals surface area (Å²) in [4.78, 5) is 14.9. The van der Waals surface area contributed by atoms with Crippen LogP contribution in [-0.2, 0) is 6.42 Å². The van der Waals surface area contributed by atoms with Crippen molar-refractivity contribution in [3.05, 3.63) is 29.3 Å². The summed E-state index contributed by atoms with van der Waals surface area (Å²) in [6.07, 6.45) is 5.83. The second-order valence-electron chi connectivity index (χ2n) is 6.20. The van der Waals surface area contributed by atoms with Gasteiger partial charge in [0.05, 0.1) is 0 Å². The minimum Gasteiger partial charge on any atom is -0.385 e. The molecule has 0 saturated carbocycles. The molecule has 1 saturated heterocycles. The van der Waals surface area contributed by atoms with Gasteiger partial charge >= 0.3 is 0 Å². The topological polar surface area (TPSA) is 44.4 Å². The van der Waals surface area contributed by atoms with Crippen molar-refractivity contribution in [3.63, 3.8) is 0 Å². The van der Waals surface area contributed by atoms with E-state index in [9.17, 15) is 4.79 Å². The van der Waals surface area contributed by atoms with Crippen LogP contribution in [0.3, 0.4) is 0 Å². The maximum absolute atomic E-state index is 12.5. The third kappa shape index (κ3) is 3.21. The van der Waals surface area contributed by atoms with Crippen LogP contribution in [0, 0.1) is 0 Å². The number of rotatable bonds is 3. The zero-order chi connectivity index (χ0) is 14.7. The van der Waals surface area contributed by atoms with Crippen LogP contribution >= 0.6 is 0 Å². The Kier molecular flexibility index (Phi) is 4.44. The predicted octanol–water partition coefficient (Wildman–Crippen LogP) is 2.26. The van der Waals surface area contributed by atoms with Gasteiger partial charge in [-0.15, -0.1) is 0 Å². The predicted molar refractivity (Wildman–Crippen MR) is 85.9 cm³/mol. The van der Waals surface area contributed by atoms with Crippen molar-refractivity contribution in [1.82, 2.24) is 10.2 Å². The van der Waals surface area contributed by atoms with Gasteiger partial charge < -0.3 is 15.5 Å². The van der Waals surface area contributed by atoms with Gasteiger partial charge in [0.1, 0.15) is 0 Å². The number of likely N-dealkylation sites (tertiary alicyclic amines) is 1. The second-order valence-corrected chi connectivity index (χ2v) is 6.20. The third-order valence-corrected chi connectivity index (χ3v) is 4.76. The molecule has 0 spiro atoms. The van der Waals surface area contributed by atoms with Crippen LogP contribution in [0.25, 0.3) is 0 Å². The van der Waals surface area contributed by atoms with Crippen LogP contribution < -0.4 is 10.6 Å². The zero-order valence-corrected chi connectivity index (χ0v) is 12.8. The van der Waals surface area contributed by atoms with E-state index >= 15 is 0 Å². The van der Waals surface area contributed by atoms with E-state index in [1.54, 1.807) is 0 Å². The molecule has 3 rings (SSSR count). The summed E-state index contributed by atoms with van der Waals surface area (Å²) in [5.74, 6) is 0.0783. The van der Waals surface area contributed by atoms with E-state index in [4.69, 9.17) is 0 Å². The summed E-state index contributed by atoms with van der Waals surface area (Å²) < 4.78 is 0. The van der Waals surface area contributed by atoms with Crippen LogP contribution in [-0.4, -0.2) is 43.5 Å². The first-order chi connectivity index (χ1) is 10.3. The average molecular weight is 287 g/mol. The number of hydrogen-bond donors (Lipinski definition) is 2. The highest BCUT2D eigenvalue weighted by Crippen LogP contribution is 2.25. The first kappa shape index (κ1) is 14.4. The van der Waals surface area contributed by atoms with E-state index in [0.717, 1.165) is 43.7 Å². The quantitative estimate of drug-likeness (QED) is 0.896. The lowest BCUT2D eigenvalue weighted by atomic mass is 9.97.